The Balaban J connectivity index is 1.65. The maximum absolute atomic E-state index is 13.4. The van der Waals surface area contributed by atoms with Gasteiger partial charge in [0, 0.05) is 22.3 Å². The van der Waals surface area contributed by atoms with Gasteiger partial charge < -0.3 is 4.74 Å². The van der Waals surface area contributed by atoms with Gasteiger partial charge in [-0.1, -0.05) is 37.8 Å². The molecule has 1 aliphatic heterocycles. The number of halogens is 1. The summed E-state index contributed by atoms with van der Waals surface area (Å²) in [5.41, 5.74) is 1.57. The summed E-state index contributed by atoms with van der Waals surface area (Å²) in [6, 6.07) is 0. The van der Waals surface area contributed by atoms with Crippen LogP contribution in [0.25, 0.3) is 0 Å². The van der Waals surface area contributed by atoms with Crippen LogP contribution in [0.2, 0.25) is 0 Å². The van der Waals surface area contributed by atoms with Crippen LogP contribution in [0.4, 0.5) is 0 Å². The van der Waals surface area contributed by atoms with E-state index in [2.05, 4.69) is 6.92 Å². The highest BCUT2D eigenvalue weighted by Crippen LogP contribution is 2.78. The summed E-state index contributed by atoms with van der Waals surface area (Å²) in [5.74, 6) is -0.116. The van der Waals surface area contributed by atoms with Gasteiger partial charge in [-0.15, -0.1) is 0 Å². The molecule has 6 rings (SSSR count). The summed E-state index contributed by atoms with van der Waals surface area (Å²) >= 11 is 7.17. The number of Topliss-reactive ketones (excluding diaryl/α,β-unsaturated/α-hetero) is 1. The normalized spacial score (nSPS) is 48.1. The van der Waals surface area contributed by atoms with Gasteiger partial charge in [0.15, 0.2) is 0 Å². The molecule has 4 nitrogen and oxygen atoms in total. The van der Waals surface area contributed by atoms with E-state index in [9.17, 15) is 14.4 Å². The Morgan fingerprint density at radius 1 is 1.00 bits per heavy atom. The molecule has 0 aromatic carbocycles. The van der Waals surface area contributed by atoms with E-state index in [4.69, 9.17) is 16.3 Å². The van der Waals surface area contributed by atoms with Gasteiger partial charge in [-0.2, -0.15) is 0 Å². The maximum Gasteiger partial charge on any atom is 0.342 e. The Kier molecular flexibility index (Phi) is 3.99. The Labute approximate surface area is 188 Å². The van der Waals surface area contributed by atoms with Crippen LogP contribution in [-0.2, 0) is 19.1 Å². The number of hydrogen-bond acceptors (Lipinski definition) is 4. The van der Waals surface area contributed by atoms with E-state index in [1.165, 1.54) is 5.57 Å². The van der Waals surface area contributed by atoms with Crippen molar-refractivity contribution in [2.24, 2.45) is 39.9 Å². The van der Waals surface area contributed by atoms with E-state index in [0.717, 1.165) is 63.4 Å². The molecule has 2 unspecified atom stereocenters. The molecule has 3 saturated carbocycles. The molecule has 0 aromatic rings. The molecule has 6 aliphatic rings. The van der Waals surface area contributed by atoms with Gasteiger partial charge in [-0.3, -0.25) is 9.59 Å². The van der Waals surface area contributed by atoms with Crippen molar-refractivity contribution in [1.29, 1.82) is 0 Å². The van der Waals surface area contributed by atoms with Crippen molar-refractivity contribution in [3.63, 3.8) is 0 Å². The molecule has 5 heteroatoms. The molecule has 0 N–H and O–H groups in total. The highest BCUT2D eigenvalue weighted by molar-refractivity contribution is 6.35. The second kappa shape index (κ2) is 6.12. The standard InChI is InChI=1S/C26H31ClO4/c1-13(28)15-8-9-16-24(15,2)12-10-17-25(3)20-18(22(29)31-23(25)30)14-7-5-4-6-11-26(16,17)19(14)21(20)27/h14-17H,4-12H2,1-3H3/t14?,15-,16+,17+,24+,25+,26?/m0/s1. The number of ketones is 1. The lowest BCUT2D eigenvalue weighted by Crippen LogP contribution is -2.60. The number of rotatable bonds is 1. The molecule has 3 fully saturated rings. The lowest BCUT2D eigenvalue weighted by molar-refractivity contribution is -0.174. The van der Waals surface area contributed by atoms with E-state index in [-0.39, 0.29) is 28.6 Å². The summed E-state index contributed by atoms with van der Waals surface area (Å²) in [7, 11) is 0. The first-order valence-electron chi connectivity index (χ1n) is 12.1. The fraction of sp³-hybridized carbons (Fsp3) is 0.731. The molecular weight excluding hydrogens is 412 g/mol. The third-order valence-corrected chi connectivity index (χ3v) is 11.0. The number of esters is 2. The van der Waals surface area contributed by atoms with Gasteiger partial charge in [-0.25, -0.2) is 4.79 Å². The van der Waals surface area contributed by atoms with E-state index in [0.29, 0.717) is 22.3 Å². The molecule has 0 amide bonds. The second-order valence-corrected chi connectivity index (χ2v) is 11.9. The minimum absolute atomic E-state index is 0.0218. The van der Waals surface area contributed by atoms with Crippen LogP contribution >= 0.6 is 11.6 Å². The zero-order valence-corrected chi connectivity index (χ0v) is 19.4. The number of carbonyl (C=O) groups excluding carboxylic acids is 3. The summed E-state index contributed by atoms with van der Waals surface area (Å²) in [5, 5.41) is 0.696. The topological polar surface area (TPSA) is 60.4 Å². The summed E-state index contributed by atoms with van der Waals surface area (Å²) in [6.07, 6.45) is 8.97. The fourth-order valence-corrected chi connectivity index (χ4v) is 10.2. The number of ether oxygens (including phenoxy) is 1. The molecule has 31 heavy (non-hydrogen) atoms. The van der Waals surface area contributed by atoms with E-state index < -0.39 is 17.4 Å². The molecule has 5 aliphatic carbocycles. The quantitative estimate of drug-likeness (QED) is 0.398. The van der Waals surface area contributed by atoms with Gasteiger partial charge in [0.1, 0.15) is 5.78 Å². The molecule has 1 spiro atoms. The Morgan fingerprint density at radius 2 is 1.77 bits per heavy atom. The smallest absolute Gasteiger partial charge is 0.342 e. The Bertz CT molecular complexity index is 1010. The number of carbonyl (C=O) groups is 3. The van der Waals surface area contributed by atoms with Crippen LogP contribution in [-0.4, -0.2) is 17.7 Å². The van der Waals surface area contributed by atoms with E-state index in [1.54, 1.807) is 6.92 Å². The van der Waals surface area contributed by atoms with Crippen molar-refractivity contribution in [2.75, 3.05) is 0 Å². The van der Waals surface area contributed by atoms with Gasteiger partial charge in [0.25, 0.3) is 0 Å². The van der Waals surface area contributed by atoms with Gasteiger partial charge >= 0.3 is 11.9 Å². The molecule has 0 aromatic heterocycles. The number of fused-ring (bicyclic) bond motifs is 2. The highest BCUT2D eigenvalue weighted by Gasteiger charge is 2.74. The predicted octanol–water partition coefficient (Wildman–Crippen LogP) is 5.49. The van der Waals surface area contributed by atoms with Crippen molar-refractivity contribution in [3.8, 4) is 0 Å². The van der Waals surface area contributed by atoms with Crippen molar-refractivity contribution in [3.05, 3.63) is 21.8 Å². The highest BCUT2D eigenvalue weighted by atomic mass is 35.5. The van der Waals surface area contributed by atoms with Crippen molar-refractivity contribution >= 4 is 29.3 Å². The molecule has 7 atom stereocenters. The average molecular weight is 443 g/mol. The van der Waals surface area contributed by atoms with Crippen LogP contribution in [0, 0.1) is 39.9 Å². The predicted molar refractivity (Wildman–Crippen MR) is 116 cm³/mol. The molecule has 0 radical (unpaired) electrons. The monoisotopic (exact) mass is 442 g/mol. The fourth-order valence-electron chi connectivity index (χ4n) is 9.62. The summed E-state index contributed by atoms with van der Waals surface area (Å²) in [6.45, 7) is 6.07. The molecular formula is C26H31ClO4. The number of hydrogen-bond donors (Lipinski definition) is 0. The first kappa shape index (κ1) is 20.2. The second-order valence-electron chi connectivity index (χ2n) is 11.5. The maximum atomic E-state index is 13.4. The van der Waals surface area contributed by atoms with E-state index in [1.807, 2.05) is 6.92 Å². The lowest BCUT2D eigenvalue weighted by atomic mass is 9.40. The average Bonchev–Trinajstić information content (AvgIpc) is 3.16. The third-order valence-electron chi connectivity index (χ3n) is 10.6. The van der Waals surface area contributed by atoms with Gasteiger partial charge in [0.2, 0.25) is 0 Å². The van der Waals surface area contributed by atoms with Crippen molar-refractivity contribution < 1.29 is 19.1 Å². The SMILES string of the molecule is CC(=O)[C@@H]1CC[C@H]2C34CCCCCC5C6=C(C(Cl)=C53)[C@](C)(C(=O)OC6=O)[C@H]4CC[C@]12C. The lowest BCUT2D eigenvalue weighted by Gasteiger charge is -2.63. The summed E-state index contributed by atoms with van der Waals surface area (Å²) in [4.78, 5) is 39.1. The molecule has 166 valence electrons. The Hall–Kier alpha value is -1.42. The molecule has 6 bridgehead atoms. The summed E-state index contributed by atoms with van der Waals surface area (Å²) < 4.78 is 5.44. The number of cyclic esters (lactones) is 2. The van der Waals surface area contributed by atoms with Crippen LogP contribution < -0.4 is 0 Å². The zero-order valence-electron chi connectivity index (χ0n) is 18.7. The van der Waals surface area contributed by atoms with Crippen molar-refractivity contribution in [2.45, 2.75) is 78.6 Å². The third kappa shape index (κ3) is 2.08. The number of allylic oxidation sites excluding steroid dienone is 2. The van der Waals surface area contributed by atoms with Crippen LogP contribution in [0.15, 0.2) is 21.8 Å². The van der Waals surface area contributed by atoms with E-state index >= 15 is 0 Å². The Morgan fingerprint density at radius 3 is 2.52 bits per heavy atom. The van der Waals surface area contributed by atoms with Gasteiger partial charge in [-0.05, 0) is 80.8 Å². The van der Waals surface area contributed by atoms with Crippen molar-refractivity contribution in [1.82, 2.24) is 0 Å². The first-order chi connectivity index (χ1) is 14.7. The largest absolute Gasteiger partial charge is 0.389 e. The van der Waals surface area contributed by atoms with Crippen LogP contribution in [0.1, 0.15) is 78.6 Å². The van der Waals surface area contributed by atoms with Crippen LogP contribution in [0.3, 0.4) is 0 Å². The van der Waals surface area contributed by atoms with Gasteiger partial charge in [0.05, 0.1) is 11.0 Å². The first-order valence-corrected chi connectivity index (χ1v) is 12.5. The minimum Gasteiger partial charge on any atom is -0.389 e. The minimum atomic E-state index is -0.863. The molecule has 0 saturated heterocycles. The zero-order chi connectivity index (χ0) is 21.9. The van der Waals surface area contributed by atoms with Crippen LogP contribution in [0.5, 0.6) is 0 Å². The molecule has 1 heterocycles.